The van der Waals surface area contributed by atoms with Crippen molar-refractivity contribution in [1.82, 2.24) is 19.3 Å². The summed E-state index contributed by atoms with van der Waals surface area (Å²) >= 11 is 6.72. The number of aryl methyl sites for hydroxylation is 2. The van der Waals surface area contributed by atoms with Crippen LogP contribution in [-0.2, 0) is 20.0 Å². The van der Waals surface area contributed by atoms with Gasteiger partial charge in [-0.3, -0.25) is 14.0 Å². The third kappa shape index (κ3) is 2.42. The van der Waals surface area contributed by atoms with Gasteiger partial charge in [0.2, 0.25) is 0 Å². The van der Waals surface area contributed by atoms with Gasteiger partial charge in [-0.25, -0.2) is 4.98 Å². The fourth-order valence-corrected chi connectivity index (χ4v) is 2.78. The number of hydrogen-bond donors (Lipinski definition) is 0. The van der Waals surface area contributed by atoms with E-state index in [4.69, 9.17) is 0 Å². The van der Waals surface area contributed by atoms with E-state index in [1.165, 1.54) is 12.5 Å². The Bertz CT molecular complexity index is 632. The molecule has 0 spiro atoms. The third-order valence-electron chi connectivity index (χ3n) is 2.68. The number of hydrogen-bond acceptors (Lipinski definition) is 3. The second kappa shape index (κ2) is 5.36. The molecule has 18 heavy (non-hydrogen) atoms. The standard InChI is InChI=1S/C11H12Br2N4O/c1-3-8-10(13)9(16(2)15-8)5-17-6-14-4-7(12)11(17)18/h4,6H,3,5H2,1-2H3. The predicted octanol–water partition coefficient (Wildman–Crippen LogP) is 2.11. The Morgan fingerprint density at radius 1 is 1.39 bits per heavy atom. The van der Waals surface area contributed by atoms with Gasteiger partial charge < -0.3 is 0 Å². The van der Waals surface area contributed by atoms with Crippen LogP contribution in [0.25, 0.3) is 0 Å². The normalized spacial score (nSPS) is 10.9. The Morgan fingerprint density at radius 2 is 2.11 bits per heavy atom. The van der Waals surface area contributed by atoms with E-state index in [-0.39, 0.29) is 5.56 Å². The molecule has 0 aliphatic carbocycles. The van der Waals surface area contributed by atoms with E-state index in [1.54, 1.807) is 9.25 Å². The zero-order valence-corrected chi connectivity index (χ0v) is 13.2. The molecule has 7 heteroatoms. The summed E-state index contributed by atoms with van der Waals surface area (Å²) in [5.74, 6) is 0. The van der Waals surface area contributed by atoms with E-state index in [1.807, 2.05) is 14.0 Å². The largest absolute Gasteiger partial charge is 0.292 e. The van der Waals surface area contributed by atoms with Gasteiger partial charge in [-0.05, 0) is 38.3 Å². The maximum atomic E-state index is 11.9. The Kier molecular flexibility index (Phi) is 4.01. The highest BCUT2D eigenvalue weighted by molar-refractivity contribution is 9.10. The van der Waals surface area contributed by atoms with Gasteiger partial charge in [0.1, 0.15) is 4.47 Å². The minimum Gasteiger partial charge on any atom is -0.292 e. The summed E-state index contributed by atoms with van der Waals surface area (Å²) in [6.45, 7) is 2.49. The smallest absolute Gasteiger partial charge is 0.267 e. The fraction of sp³-hybridized carbons (Fsp3) is 0.364. The van der Waals surface area contributed by atoms with Crippen molar-refractivity contribution in [1.29, 1.82) is 0 Å². The summed E-state index contributed by atoms with van der Waals surface area (Å²) in [6, 6.07) is 0. The van der Waals surface area contributed by atoms with Crippen molar-refractivity contribution in [3.8, 4) is 0 Å². The van der Waals surface area contributed by atoms with Crippen LogP contribution in [0.2, 0.25) is 0 Å². The first-order valence-corrected chi connectivity index (χ1v) is 7.03. The summed E-state index contributed by atoms with van der Waals surface area (Å²) in [5, 5.41) is 4.40. The molecule has 0 bridgehead atoms. The topological polar surface area (TPSA) is 52.7 Å². The number of nitrogens with zero attached hydrogens (tertiary/aromatic N) is 4. The van der Waals surface area contributed by atoms with Crippen LogP contribution < -0.4 is 5.56 Å². The molecule has 0 N–H and O–H groups in total. The second-order valence-corrected chi connectivity index (χ2v) is 5.51. The lowest BCUT2D eigenvalue weighted by Gasteiger charge is -2.06. The molecule has 0 unspecified atom stereocenters. The van der Waals surface area contributed by atoms with Crippen LogP contribution in [0.15, 0.2) is 26.3 Å². The highest BCUT2D eigenvalue weighted by Gasteiger charge is 2.13. The van der Waals surface area contributed by atoms with Gasteiger partial charge in [0, 0.05) is 13.2 Å². The van der Waals surface area contributed by atoms with Gasteiger partial charge in [0.15, 0.2) is 0 Å². The second-order valence-electron chi connectivity index (χ2n) is 3.86. The lowest BCUT2D eigenvalue weighted by molar-refractivity contribution is 0.638. The van der Waals surface area contributed by atoms with E-state index in [9.17, 15) is 4.79 Å². The van der Waals surface area contributed by atoms with E-state index < -0.39 is 0 Å². The highest BCUT2D eigenvalue weighted by Crippen LogP contribution is 2.22. The lowest BCUT2D eigenvalue weighted by Crippen LogP contribution is -2.22. The average molecular weight is 376 g/mol. The summed E-state index contributed by atoms with van der Waals surface area (Å²) in [7, 11) is 1.87. The number of halogens is 2. The summed E-state index contributed by atoms with van der Waals surface area (Å²) in [5.41, 5.74) is 1.84. The summed E-state index contributed by atoms with van der Waals surface area (Å²) in [4.78, 5) is 15.9. The van der Waals surface area contributed by atoms with Crippen molar-refractivity contribution in [3.63, 3.8) is 0 Å². The van der Waals surface area contributed by atoms with Crippen molar-refractivity contribution in [2.75, 3.05) is 0 Å². The molecule has 2 heterocycles. The molecule has 0 atom stereocenters. The Hall–Kier alpha value is -0.950. The predicted molar refractivity (Wildman–Crippen MR) is 75.6 cm³/mol. The Morgan fingerprint density at radius 3 is 2.72 bits per heavy atom. The molecule has 2 aromatic rings. The Balaban J connectivity index is 2.43. The molecule has 5 nitrogen and oxygen atoms in total. The van der Waals surface area contributed by atoms with Crippen LogP contribution in [0.3, 0.4) is 0 Å². The van der Waals surface area contributed by atoms with Crippen LogP contribution in [0, 0.1) is 0 Å². The van der Waals surface area contributed by atoms with Crippen LogP contribution in [0.4, 0.5) is 0 Å². The zero-order valence-electron chi connectivity index (χ0n) is 10.0. The van der Waals surface area contributed by atoms with Crippen LogP contribution in [-0.4, -0.2) is 19.3 Å². The van der Waals surface area contributed by atoms with Crippen molar-refractivity contribution in [3.05, 3.63) is 43.2 Å². The minimum atomic E-state index is -0.101. The quantitative estimate of drug-likeness (QED) is 0.825. The van der Waals surface area contributed by atoms with E-state index >= 15 is 0 Å². The molecule has 0 aliphatic rings. The molecule has 0 saturated carbocycles. The average Bonchev–Trinajstić information content (AvgIpc) is 2.62. The van der Waals surface area contributed by atoms with Crippen LogP contribution in [0.1, 0.15) is 18.3 Å². The fourth-order valence-electron chi connectivity index (χ4n) is 1.69. The van der Waals surface area contributed by atoms with Crippen molar-refractivity contribution >= 4 is 31.9 Å². The third-order valence-corrected chi connectivity index (χ3v) is 4.14. The van der Waals surface area contributed by atoms with E-state index in [2.05, 4.69) is 41.9 Å². The molecule has 0 aliphatic heterocycles. The van der Waals surface area contributed by atoms with Gasteiger partial charge in [0.25, 0.3) is 5.56 Å². The molecule has 2 rings (SSSR count). The molecule has 0 radical (unpaired) electrons. The van der Waals surface area contributed by atoms with Crippen molar-refractivity contribution in [2.24, 2.45) is 7.05 Å². The van der Waals surface area contributed by atoms with Gasteiger partial charge in [0.05, 0.1) is 28.7 Å². The number of aromatic nitrogens is 4. The SMILES string of the molecule is CCc1nn(C)c(Cn2cncc(Br)c2=O)c1Br. The molecule has 0 fully saturated rings. The molecule has 0 saturated heterocycles. The first-order chi connectivity index (χ1) is 8.54. The van der Waals surface area contributed by atoms with Gasteiger partial charge in [-0.2, -0.15) is 5.10 Å². The van der Waals surface area contributed by atoms with Crippen LogP contribution >= 0.6 is 31.9 Å². The molecule has 0 aromatic carbocycles. The molecule has 0 amide bonds. The van der Waals surface area contributed by atoms with Gasteiger partial charge in [-0.15, -0.1) is 0 Å². The minimum absolute atomic E-state index is 0.101. The molecule has 96 valence electrons. The van der Waals surface area contributed by atoms with Crippen molar-refractivity contribution in [2.45, 2.75) is 19.9 Å². The Labute approximate surface area is 121 Å². The monoisotopic (exact) mass is 374 g/mol. The highest BCUT2D eigenvalue weighted by atomic mass is 79.9. The first kappa shape index (κ1) is 13.5. The van der Waals surface area contributed by atoms with Crippen LogP contribution in [0.5, 0.6) is 0 Å². The van der Waals surface area contributed by atoms with E-state index in [0.717, 1.165) is 22.3 Å². The first-order valence-electron chi connectivity index (χ1n) is 5.44. The maximum absolute atomic E-state index is 11.9. The van der Waals surface area contributed by atoms with E-state index in [0.29, 0.717) is 11.0 Å². The lowest BCUT2D eigenvalue weighted by atomic mass is 10.3. The molecular weight excluding hydrogens is 364 g/mol. The maximum Gasteiger partial charge on any atom is 0.267 e. The summed E-state index contributed by atoms with van der Waals surface area (Å²) in [6.07, 6.45) is 3.87. The zero-order chi connectivity index (χ0) is 13.3. The van der Waals surface area contributed by atoms with Crippen molar-refractivity contribution < 1.29 is 0 Å². The molecular formula is C11H12Br2N4O. The van der Waals surface area contributed by atoms with Gasteiger partial charge in [-0.1, -0.05) is 6.92 Å². The summed E-state index contributed by atoms with van der Waals surface area (Å²) < 4.78 is 4.75. The number of rotatable bonds is 3. The molecule has 2 aromatic heterocycles. The van der Waals surface area contributed by atoms with Gasteiger partial charge >= 0.3 is 0 Å².